The lowest BCUT2D eigenvalue weighted by atomic mass is 10.2. The van der Waals surface area contributed by atoms with Crippen molar-refractivity contribution in [3.8, 4) is 5.75 Å². The minimum Gasteiger partial charge on any atom is -0.494 e. The van der Waals surface area contributed by atoms with Gasteiger partial charge in [0.1, 0.15) is 5.75 Å². The van der Waals surface area contributed by atoms with Crippen LogP contribution in [-0.4, -0.2) is 34.0 Å². The fourth-order valence-corrected chi connectivity index (χ4v) is 3.17. The topological polar surface area (TPSA) is 84.5 Å². The number of carbonyl (C=O) groups is 1. The first-order valence-electron chi connectivity index (χ1n) is 8.00. The van der Waals surface area contributed by atoms with Gasteiger partial charge in [0.2, 0.25) is 10.0 Å². The number of hydrogen-bond acceptors (Lipinski definition) is 4. The van der Waals surface area contributed by atoms with Crippen molar-refractivity contribution in [2.24, 2.45) is 0 Å². The third kappa shape index (κ3) is 5.58. The maximum Gasteiger partial charge on any atom is 0.251 e. The van der Waals surface area contributed by atoms with Gasteiger partial charge in [-0.25, -0.2) is 13.1 Å². The molecule has 2 aromatic rings. The van der Waals surface area contributed by atoms with Gasteiger partial charge in [-0.05, 0) is 50.2 Å². The molecule has 0 unspecified atom stereocenters. The fraction of sp³-hybridized carbons (Fsp3) is 0.278. The monoisotopic (exact) mass is 362 g/mol. The van der Waals surface area contributed by atoms with Crippen LogP contribution in [0, 0.1) is 6.92 Å². The van der Waals surface area contributed by atoms with Crippen molar-refractivity contribution in [3.05, 3.63) is 59.7 Å². The van der Waals surface area contributed by atoms with E-state index in [1.807, 2.05) is 13.8 Å². The molecular formula is C18H22N2O4S. The Morgan fingerprint density at radius 1 is 1.00 bits per heavy atom. The number of amides is 1. The summed E-state index contributed by atoms with van der Waals surface area (Å²) in [4.78, 5) is 12.2. The van der Waals surface area contributed by atoms with Crippen LogP contribution in [0.15, 0.2) is 53.4 Å². The molecule has 2 aromatic carbocycles. The van der Waals surface area contributed by atoms with Crippen LogP contribution in [0.1, 0.15) is 22.8 Å². The van der Waals surface area contributed by atoms with Crippen molar-refractivity contribution >= 4 is 15.9 Å². The first-order chi connectivity index (χ1) is 11.9. The third-order valence-electron chi connectivity index (χ3n) is 3.46. The van der Waals surface area contributed by atoms with Crippen molar-refractivity contribution in [1.82, 2.24) is 10.0 Å². The van der Waals surface area contributed by atoms with Gasteiger partial charge in [-0.15, -0.1) is 0 Å². The molecule has 0 aliphatic heterocycles. The number of nitrogens with one attached hydrogen (secondary N) is 2. The summed E-state index contributed by atoms with van der Waals surface area (Å²) in [5, 5.41) is 2.68. The lowest BCUT2D eigenvalue weighted by molar-refractivity contribution is 0.0954. The van der Waals surface area contributed by atoms with Gasteiger partial charge < -0.3 is 10.1 Å². The molecule has 0 saturated carbocycles. The van der Waals surface area contributed by atoms with Crippen LogP contribution < -0.4 is 14.8 Å². The van der Waals surface area contributed by atoms with Crippen LogP contribution in [0.3, 0.4) is 0 Å². The van der Waals surface area contributed by atoms with Crippen molar-refractivity contribution in [1.29, 1.82) is 0 Å². The summed E-state index contributed by atoms with van der Waals surface area (Å²) >= 11 is 0. The summed E-state index contributed by atoms with van der Waals surface area (Å²) in [7, 11) is -3.57. The molecule has 0 atom stereocenters. The first kappa shape index (κ1) is 19.0. The van der Waals surface area contributed by atoms with E-state index in [-0.39, 0.29) is 23.9 Å². The molecule has 0 heterocycles. The Kier molecular flexibility index (Phi) is 6.55. The predicted molar refractivity (Wildman–Crippen MR) is 96.3 cm³/mol. The quantitative estimate of drug-likeness (QED) is 0.705. The molecule has 0 saturated heterocycles. The van der Waals surface area contributed by atoms with Crippen LogP contribution in [0.5, 0.6) is 5.75 Å². The summed E-state index contributed by atoms with van der Waals surface area (Å²) in [6.07, 6.45) is 0. The highest BCUT2D eigenvalue weighted by Gasteiger charge is 2.13. The predicted octanol–water partition coefficient (Wildman–Crippen LogP) is 2.10. The number of hydrogen-bond donors (Lipinski definition) is 2. The Morgan fingerprint density at radius 3 is 2.24 bits per heavy atom. The highest BCUT2D eigenvalue weighted by molar-refractivity contribution is 7.89. The van der Waals surface area contributed by atoms with Crippen LogP contribution in [0.4, 0.5) is 0 Å². The average Bonchev–Trinajstić information content (AvgIpc) is 2.60. The van der Waals surface area contributed by atoms with Crippen molar-refractivity contribution in [2.45, 2.75) is 18.7 Å². The summed E-state index contributed by atoms with van der Waals surface area (Å²) in [5.74, 6) is 0.433. The fourth-order valence-electron chi connectivity index (χ4n) is 2.13. The van der Waals surface area contributed by atoms with Gasteiger partial charge in [0.05, 0.1) is 11.5 Å². The van der Waals surface area contributed by atoms with E-state index in [9.17, 15) is 13.2 Å². The molecule has 0 aromatic heterocycles. The number of benzene rings is 2. The van der Waals surface area contributed by atoms with Crippen LogP contribution >= 0.6 is 0 Å². The number of ether oxygens (including phenoxy) is 1. The van der Waals surface area contributed by atoms with Crippen molar-refractivity contribution < 1.29 is 17.9 Å². The summed E-state index contributed by atoms with van der Waals surface area (Å²) in [6.45, 7) is 4.64. The second-order valence-electron chi connectivity index (χ2n) is 5.42. The molecule has 6 nitrogen and oxygen atoms in total. The summed E-state index contributed by atoms with van der Waals surface area (Å²) in [6, 6.07) is 13.3. The lowest BCUT2D eigenvalue weighted by Crippen LogP contribution is -2.34. The van der Waals surface area contributed by atoms with Crippen molar-refractivity contribution in [3.63, 3.8) is 0 Å². The average molecular weight is 362 g/mol. The van der Waals surface area contributed by atoms with E-state index in [0.29, 0.717) is 17.9 Å². The zero-order valence-corrected chi connectivity index (χ0v) is 15.1. The maximum absolute atomic E-state index is 12.1. The maximum atomic E-state index is 12.1. The first-order valence-corrected chi connectivity index (χ1v) is 9.48. The minimum absolute atomic E-state index is 0.110. The molecule has 25 heavy (non-hydrogen) atoms. The van der Waals surface area contributed by atoms with E-state index < -0.39 is 10.0 Å². The van der Waals surface area contributed by atoms with Crippen molar-refractivity contribution in [2.75, 3.05) is 19.7 Å². The third-order valence-corrected chi connectivity index (χ3v) is 4.94. The lowest BCUT2D eigenvalue weighted by Gasteiger charge is -2.09. The number of carbonyl (C=O) groups excluding carboxylic acids is 1. The van der Waals surface area contributed by atoms with E-state index in [1.54, 1.807) is 48.5 Å². The molecule has 7 heteroatoms. The summed E-state index contributed by atoms with van der Waals surface area (Å²) < 4.78 is 32.0. The highest BCUT2D eigenvalue weighted by atomic mass is 32.2. The standard InChI is InChI=1S/C18H22N2O4S/c1-3-24-16-8-6-15(7-9-16)18(21)19-12-13-20-25(22,23)17-10-4-14(2)5-11-17/h4-11,20H,3,12-13H2,1-2H3,(H,19,21). The van der Waals surface area contributed by atoms with E-state index in [0.717, 1.165) is 5.56 Å². The van der Waals surface area contributed by atoms with Gasteiger partial charge in [0.15, 0.2) is 0 Å². The van der Waals surface area contributed by atoms with E-state index in [4.69, 9.17) is 4.74 Å². The Labute approximate surface area is 148 Å². The molecule has 2 rings (SSSR count). The zero-order valence-electron chi connectivity index (χ0n) is 14.3. The second-order valence-corrected chi connectivity index (χ2v) is 7.19. The molecule has 0 spiro atoms. The van der Waals surface area contributed by atoms with Gasteiger partial charge in [-0.2, -0.15) is 0 Å². The van der Waals surface area contributed by atoms with Gasteiger partial charge in [-0.3, -0.25) is 4.79 Å². The molecule has 0 aliphatic rings. The second kappa shape index (κ2) is 8.64. The molecule has 1 amide bonds. The molecule has 0 aliphatic carbocycles. The molecular weight excluding hydrogens is 340 g/mol. The van der Waals surface area contributed by atoms with E-state index >= 15 is 0 Å². The number of rotatable bonds is 8. The van der Waals surface area contributed by atoms with Crippen LogP contribution in [0.25, 0.3) is 0 Å². The molecule has 0 fully saturated rings. The van der Waals surface area contributed by atoms with Crippen LogP contribution in [0.2, 0.25) is 0 Å². The SMILES string of the molecule is CCOc1ccc(C(=O)NCCNS(=O)(=O)c2ccc(C)cc2)cc1. The van der Waals surface area contributed by atoms with Gasteiger partial charge in [0, 0.05) is 18.7 Å². The van der Waals surface area contributed by atoms with Crippen LogP contribution in [-0.2, 0) is 10.0 Å². The summed E-state index contributed by atoms with van der Waals surface area (Å²) in [5.41, 5.74) is 1.48. The minimum atomic E-state index is -3.57. The smallest absolute Gasteiger partial charge is 0.251 e. The van der Waals surface area contributed by atoms with Gasteiger partial charge >= 0.3 is 0 Å². The Balaban J connectivity index is 1.81. The molecule has 2 N–H and O–H groups in total. The zero-order chi connectivity index (χ0) is 18.3. The van der Waals surface area contributed by atoms with Gasteiger partial charge in [-0.1, -0.05) is 17.7 Å². The number of sulfonamides is 1. The highest BCUT2D eigenvalue weighted by Crippen LogP contribution is 2.12. The normalized spacial score (nSPS) is 11.1. The Morgan fingerprint density at radius 2 is 1.64 bits per heavy atom. The molecule has 0 bridgehead atoms. The Bertz CT molecular complexity index is 800. The van der Waals surface area contributed by atoms with E-state index in [2.05, 4.69) is 10.0 Å². The Hall–Kier alpha value is -2.38. The molecule has 0 radical (unpaired) electrons. The van der Waals surface area contributed by atoms with Gasteiger partial charge in [0.25, 0.3) is 5.91 Å². The van der Waals surface area contributed by atoms with E-state index in [1.165, 1.54) is 0 Å². The number of aryl methyl sites for hydroxylation is 1. The molecule has 134 valence electrons. The largest absolute Gasteiger partial charge is 0.494 e.